The van der Waals surface area contributed by atoms with E-state index in [9.17, 15) is 18.0 Å². The molecule has 0 aromatic heterocycles. The molecule has 1 aliphatic rings. The molecule has 0 radical (unpaired) electrons. The summed E-state index contributed by atoms with van der Waals surface area (Å²) in [5.74, 6) is -1.10. The number of carbonyl (C=O) groups excluding carboxylic acids is 2. The summed E-state index contributed by atoms with van der Waals surface area (Å²) in [6.45, 7) is -0.447. The Balaban J connectivity index is 1.90. The molecule has 22 heavy (non-hydrogen) atoms. The zero-order chi connectivity index (χ0) is 16.3. The highest BCUT2D eigenvalue weighted by atomic mass is 35.5. The average Bonchev–Trinajstić information content (AvgIpc) is 2.84. The third kappa shape index (κ3) is 3.98. The van der Waals surface area contributed by atoms with Gasteiger partial charge in [-0.05, 0) is 18.6 Å². The van der Waals surface area contributed by atoms with Crippen LogP contribution in [-0.2, 0) is 19.4 Å². The number of sulfone groups is 1. The Bertz CT molecular complexity index is 688. The van der Waals surface area contributed by atoms with Crippen molar-refractivity contribution in [3.8, 4) is 0 Å². The van der Waals surface area contributed by atoms with E-state index >= 15 is 0 Å². The maximum Gasteiger partial charge on any atom is 0.340 e. The number of benzene rings is 1. The minimum atomic E-state index is -3.07. The number of hydrogen-bond donors (Lipinski definition) is 0. The van der Waals surface area contributed by atoms with Gasteiger partial charge in [0.05, 0.1) is 22.1 Å². The van der Waals surface area contributed by atoms with Gasteiger partial charge in [0.1, 0.15) is 0 Å². The molecule has 1 fully saturated rings. The van der Waals surface area contributed by atoms with Gasteiger partial charge < -0.3 is 9.64 Å². The first-order valence-electron chi connectivity index (χ1n) is 6.68. The van der Waals surface area contributed by atoms with Gasteiger partial charge in [-0.25, -0.2) is 13.2 Å². The fourth-order valence-electron chi connectivity index (χ4n) is 2.22. The van der Waals surface area contributed by atoms with E-state index in [-0.39, 0.29) is 28.1 Å². The summed E-state index contributed by atoms with van der Waals surface area (Å²) in [4.78, 5) is 25.2. The molecule has 0 saturated carbocycles. The van der Waals surface area contributed by atoms with Gasteiger partial charge in [-0.3, -0.25) is 4.79 Å². The molecule has 0 unspecified atom stereocenters. The minimum absolute atomic E-state index is 0.0479. The van der Waals surface area contributed by atoms with Crippen LogP contribution in [0.25, 0.3) is 0 Å². The first-order chi connectivity index (χ1) is 10.3. The smallest absolute Gasteiger partial charge is 0.340 e. The Kier molecular flexibility index (Phi) is 5.08. The lowest BCUT2D eigenvalue weighted by molar-refractivity contribution is -0.134. The van der Waals surface area contributed by atoms with Gasteiger partial charge >= 0.3 is 5.97 Å². The van der Waals surface area contributed by atoms with E-state index in [0.29, 0.717) is 6.42 Å². The molecule has 0 N–H and O–H groups in total. The maximum absolute atomic E-state index is 12.0. The number of rotatable bonds is 4. The molecule has 1 atom stereocenters. The highest BCUT2D eigenvalue weighted by Gasteiger charge is 2.32. The normalized spacial score (nSPS) is 19.6. The summed E-state index contributed by atoms with van der Waals surface area (Å²) in [7, 11) is -1.56. The van der Waals surface area contributed by atoms with Gasteiger partial charge in [-0.15, -0.1) is 0 Å². The van der Waals surface area contributed by atoms with E-state index in [1.807, 2.05) is 0 Å². The largest absolute Gasteiger partial charge is 0.452 e. The zero-order valence-electron chi connectivity index (χ0n) is 12.0. The fraction of sp³-hybridized carbons (Fsp3) is 0.429. The zero-order valence-corrected chi connectivity index (χ0v) is 13.6. The summed E-state index contributed by atoms with van der Waals surface area (Å²) in [5, 5.41) is 0.246. The van der Waals surface area contributed by atoms with E-state index in [1.165, 1.54) is 18.0 Å². The van der Waals surface area contributed by atoms with Crippen LogP contribution in [0.15, 0.2) is 24.3 Å². The van der Waals surface area contributed by atoms with Crippen molar-refractivity contribution in [1.29, 1.82) is 0 Å². The molecule has 1 aliphatic heterocycles. The Morgan fingerprint density at radius 3 is 2.64 bits per heavy atom. The second kappa shape index (κ2) is 6.66. The second-order valence-electron chi connectivity index (χ2n) is 5.12. The molecule has 8 heteroatoms. The number of nitrogens with zero attached hydrogens (tertiary/aromatic N) is 1. The first kappa shape index (κ1) is 16.8. The van der Waals surface area contributed by atoms with Crippen LogP contribution in [0.2, 0.25) is 5.02 Å². The molecular weight excluding hydrogens is 330 g/mol. The molecule has 1 amide bonds. The van der Waals surface area contributed by atoms with Crippen LogP contribution >= 0.6 is 11.6 Å². The lowest BCUT2D eigenvalue weighted by atomic mass is 10.2. The van der Waals surface area contributed by atoms with Gasteiger partial charge in [0.25, 0.3) is 5.91 Å². The van der Waals surface area contributed by atoms with E-state index in [2.05, 4.69) is 0 Å². The third-order valence-electron chi connectivity index (χ3n) is 3.57. The van der Waals surface area contributed by atoms with Gasteiger partial charge in [0, 0.05) is 13.1 Å². The van der Waals surface area contributed by atoms with Gasteiger partial charge in [-0.2, -0.15) is 0 Å². The number of halogens is 1. The predicted octanol–water partition coefficient (Wildman–Crippen LogP) is 1.14. The number of likely N-dealkylation sites (N-methyl/N-ethyl adjacent to an activating group) is 1. The Labute approximate surface area is 133 Å². The molecule has 120 valence electrons. The van der Waals surface area contributed by atoms with Gasteiger partial charge in [-0.1, -0.05) is 23.7 Å². The van der Waals surface area contributed by atoms with Crippen LogP contribution in [0.3, 0.4) is 0 Å². The molecule has 1 saturated heterocycles. The molecule has 6 nitrogen and oxygen atoms in total. The van der Waals surface area contributed by atoms with Crippen molar-refractivity contribution < 1.29 is 22.7 Å². The Morgan fingerprint density at radius 1 is 1.36 bits per heavy atom. The van der Waals surface area contributed by atoms with E-state index in [4.69, 9.17) is 16.3 Å². The molecule has 1 aromatic rings. The molecule has 0 bridgehead atoms. The standard InChI is InChI=1S/C14H16ClNO5S/c1-16(10-6-7-22(19,20)9-10)13(17)8-21-14(18)11-4-2-3-5-12(11)15/h2-5,10H,6-9H2,1H3/t10-/m1/s1. The van der Waals surface area contributed by atoms with E-state index in [0.717, 1.165) is 0 Å². The lowest BCUT2D eigenvalue weighted by Gasteiger charge is -2.23. The van der Waals surface area contributed by atoms with Crippen LogP contribution in [-0.4, -0.2) is 56.4 Å². The van der Waals surface area contributed by atoms with Crippen LogP contribution in [0.4, 0.5) is 0 Å². The van der Waals surface area contributed by atoms with Crippen molar-refractivity contribution in [2.75, 3.05) is 25.2 Å². The highest BCUT2D eigenvalue weighted by Crippen LogP contribution is 2.18. The second-order valence-corrected chi connectivity index (χ2v) is 7.75. The van der Waals surface area contributed by atoms with Crippen LogP contribution in [0.5, 0.6) is 0 Å². The Morgan fingerprint density at radius 2 is 2.05 bits per heavy atom. The number of esters is 1. The fourth-order valence-corrected chi connectivity index (χ4v) is 4.21. The molecule has 0 spiro atoms. The molecular formula is C14H16ClNO5S. The van der Waals surface area contributed by atoms with Crippen LogP contribution in [0, 0.1) is 0 Å². The summed E-state index contributed by atoms with van der Waals surface area (Å²) in [5.41, 5.74) is 0.183. The van der Waals surface area contributed by atoms with Crippen LogP contribution < -0.4 is 0 Å². The van der Waals surface area contributed by atoms with Crippen molar-refractivity contribution in [2.24, 2.45) is 0 Å². The van der Waals surface area contributed by atoms with Crippen molar-refractivity contribution in [3.05, 3.63) is 34.9 Å². The average molecular weight is 346 g/mol. The van der Waals surface area contributed by atoms with Crippen molar-refractivity contribution in [3.63, 3.8) is 0 Å². The SMILES string of the molecule is CN(C(=O)COC(=O)c1ccccc1Cl)[C@@H]1CCS(=O)(=O)C1. The first-order valence-corrected chi connectivity index (χ1v) is 8.88. The molecule has 2 rings (SSSR count). The lowest BCUT2D eigenvalue weighted by Crippen LogP contribution is -2.40. The van der Waals surface area contributed by atoms with Crippen molar-refractivity contribution >= 4 is 33.3 Å². The van der Waals surface area contributed by atoms with E-state index in [1.54, 1.807) is 18.2 Å². The van der Waals surface area contributed by atoms with E-state index < -0.39 is 28.3 Å². The summed E-state index contributed by atoms with van der Waals surface area (Å²) >= 11 is 5.87. The topological polar surface area (TPSA) is 80.8 Å². The third-order valence-corrected chi connectivity index (χ3v) is 5.65. The molecule has 0 aliphatic carbocycles. The predicted molar refractivity (Wildman–Crippen MR) is 81.6 cm³/mol. The number of ether oxygens (including phenoxy) is 1. The van der Waals surface area contributed by atoms with Crippen molar-refractivity contribution in [1.82, 2.24) is 4.90 Å². The highest BCUT2D eigenvalue weighted by molar-refractivity contribution is 7.91. The van der Waals surface area contributed by atoms with Crippen molar-refractivity contribution in [2.45, 2.75) is 12.5 Å². The van der Waals surface area contributed by atoms with Crippen LogP contribution in [0.1, 0.15) is 16.8 Å². The maximum atomic E-state index is 12.0. The summed E-state index contributed by atoms with van der Waals surface area (Å²) < 4.78 is 27.8. The Hall–Kier alpha value is -1.60. The monoisotopic (exact) mass is 345 g/mol. The number of amides is 1. The molecule has 1 aromatic carbocycles. The quantitative estimate of drug-likeness (QED) is 0.764. The minimum Gasteiger partial charge on any atom is -0.452 e. The van der Waals surface area contributed by atoms with Gasteiger partial charge in [0.15, 0.2) is 16.4 Å². The molecule has 1 heterocycles. The number of hydrogen-bond acceptors (Lipinski definition) is 5. The van der Waals surface area contributed by atoms with Gasteiger partial charge in [0.2, 0.25) is 0 Å². The number of carbonyl (C=O) groups is 2. The summed E-state index contributed by atoms with van der Waals surface area (Å²) in [6, 6.07) is 6.01. The summed E-state index contributed by atoms with van der Waals surface area (Å²) in [6.07, 6.45) is 0.406.